The number of carbonyl (C=O) groups is 1. The number of fused-ring (bicyclic) bond motifs is 1. The molecule has 122 valence electrons. The maximum absolute atomic E-state index is 12.1. The summed E-state index contributed by atoms with van der Waals surface area (Å²) in [4.78, 5) is 12.1. The van der Waals surface area contributed by atoms with Crippen LogP contribution in [0.1, 0.15) is 5.56 Å². The third kappa shape index (κ3) is 4.44. The monoisotopic (exact) mass is 375 g/mol. The van der Waals surface area contributed by atoms with E-state index in [1.165, 1.54) is 11.8 Å². The quantitative estimate of drug-likeness (QED) is 0.590. The lowest BCUT2D eigenvalue weighted by atomic mass is 10.1. The standard InChI is InChI=1S/C19H15Cl2NOS/c20-17-8-5-13(9-18(17)21)11-24-12-19(23)22-16-7-6-14-3-1-2-4-15(14)10-16/h1-10H,11-12H2,(H,22,23). The molecule has 3 aromatic rings. The molecule has 0 aliphatic rings. The molecular formula is C19H15Cl2NOS. The van der Waals surface area contributed by atoms with Crippen LogP contribution in [0.2, 0.25) is 10.0 Å². The number of halogens is 2. The van der Waals surface area contributed by atoms with Crippen molar-refractivity contribution in [2.24, 2.45) is 0 Å². The van der Waals surface area contributed by atoms with E-state index in [2.05, 4.69) is 5.32 Å². The fourth-order valence-corrected chi connectivity index (χ4v) is 3.45. The summed E-state index contributed by atoms with van der Waals surface area (Å²) in [6.45, 7) is 0. The number of anilines is 1. The Morgan fingerprint density at radius 3 is 2.50 bits per heavy atom. The van der Waals surface area contributed by atoms with Crippen molar-refractivity contribution in [2.45, 2.75) is 5.75 Å². The molecular weight excluding hydrogens is 361 g/mol. The topological polar surface area (TPSA) is 29.1 Å². The van der Waals surface area contributed by atoms with E-state index in [-0.39, 0.29) is 5.91 Å². The van der Waals surface area contributed by atoms with Crippen LogP contribution in [0.4, 0.5) is 5.69 Å². The first-order chi connectivity index (χ1) is 11.6. The van der Waals surface area contributed by atoms with Crippen molar-refractivity contribution in [3.63, 3.8) is 0 Å². The van der Waals surface area contributed by atoms with Gasteiger partial charge >= 0.3 is 0 Å². The summed E-state index contributed by atoms with van der Waals surface area (Å²) in [6, 6.07) is 19.5. The molecule has 2 nitrogen and oxygen atoms in total. The predicted molar refractivity (Wildman–Crippen MR) is 105 cm³/mol. The van der Waals surface area contributed by atoms with E-state index in [4.69, 9.17) is 23.2 Å². The Bertz CT molecular complexity index is 882. The highest BCUT2D eigenvalue weighted by molar-refractivity contribution is 7.99. The zero-order valence-corrected chi connectivity index (χ0v) is 15.1. The average molecular weight is 376 g/mol. The lowest BCUT2D eigenvalue weighted by Crippen LogP contribution is -2.14. The third-order valence-corrected chi connectivity index (χ3v) is 5.26. The van der Waals surface area contributed by atoms with Crippen molar-refractivity contribution in [3.05, 3.63) is 76.3 Å². The molecule has 1 N–H and O–H groups in total. The summed E-state index contributed by atoms with van der Waals surface area (Å²) >= 11 is 13.4. The number of benzene rings is 3. The normalized spacial score (nSPS) is 10.8. The van der Waals surface area contributed by atoms with Gasteiger partial charge in [-0.25, -0.2) is 0 Å². The zero-order valence-electron chi connectivity index (χ0n) is 12.8. The van der Waals surface area contributed by atoms with Crippen LogP contribution >= 0.6 is 35.0 Å². The van der Waals surface area contributed by atoms with Gasteiger partial charge in [0.1, 0.15) is 0 Å². The first kappa shape index (κ1) is 17.2. The van der Waals surface area contributed by atoms with Gasteiger partial charge in [0.05, 0.1) is 15.8 Å². The number of hydrogen-bond donors (Lipinski definition) is 1. The molecule has 0 radical (unpaired) electrons. The Morgan fingerprint density at radius 2 is 1.71 bits per heavy atom. The summed E-state index contributed by atoms with van der Waals surface area (Å²) in [7, 11) is 0. The van der Waals surface area contributed by atoms with Gasteiger partial charge in [0, 0.05) is 11.4 Å². The smallest absolute Gasteiger partial charge is 0.234 e. The van der Waals surface area contributed by atoms with Gasteiger partial charge in [0.2, 0.25) is 5.91 Å². The SMILES string of the molecule is O=C(CSCc1ccc(Cl)c(Cl)c1)Nc1ccc2ccccc2c1. The Balaban J connectivity index is 1.53. The highest BCUT2D eigenvalue weighted by atomic mass is 35.5. The Labute approximate surface area is 155 Å². The van der Waals surface area contributed by atoms with Gasteiger partial charge in [-0.3, -0.25) is 4.79 Å². The van der Waals surface area contributed by atoms with Gasteiger partial charge in [-0.05, 0) is 40.6 Å². The maximum Gasteiger partial charge on any atom is 0.234 e. The van der Waals surface area contributed by atoms with E-state index in [0.717, 1.165) is 22.0 Å². The third-order valence-electron chi connectivity index (χ3n) is 3.52. The second-order valence-corrected chi connectivity index (χ2v) is 7.15. The van der Waals surface area contributed by atoms with Crippen molar-refractivity contribution in [2.75, 3.05) is 11.1 Å². The first-order valence-electron chi connectivity index (χ1n) is 7.42. The highest BCUT2D eigenvalue weighted by Crippen LogP contribution is 2.25. The van der Waals surface area contributed by atoms with Crippen LogP contribution in [0, 0.1) is 0 Å². The molecule has 0 atom stereocenters. The molecule has 0 aliphatic carbocycles. The van der Waals surface area contributed by atoms with Gasteiger partial charge in [0.25, 0.3) is 0 Å². The van der Waals surface area contributed by atoms with E-state index in [0.29, 0.717) is 21.6 Å². The second kappa shape index (κ2) is 7.93. The molecule has 5 heteroatoms. The molecule has 0 bridgehead atoms. The van der Waals surface area contributed by atoms with E-state index >= 15 is 0 Å². The van der Waals surface area contributed by atoms with Crippen molar-refractivity contribution in [3.8, 4) is 0 Å². The highest BCUT2D eigenvalue weighted by Gasteiger charge is 2.05. The summed E-state index contributed by atoms with van der Waals surface area (Å²) in [6.07, 6.45) is 0. The van der Waals surface area contributed by atoms with E-state index in [1.54, 1.807) is 6.07 Å². The van der Waals surface area contributed by atoms with E-state index in [1.807, 2.05) is 54.6 Å². The number of rotatable bonds is 5. The molecule has 0 heterocycles. The lowest BCUT2D eigenvalue weighted by molar-refractivity contribution is -0.113. The predicted octanol–water partition coefficient (Wildman–Crippen LogP) is 6.02. The van der Waals surface area contributed by atoms with Gasteiger partial charge in [-0.2, -0.15) is 0 Å². The average Bonchev–Trinajstić information content (AvgIpc) is 2.58. The van der Waals surface area contributed by atoms with Crippen LogP contribution in [0.5, 0.6) is 0 Å². The fourth-order valence-electron chi connectivity index (χ4n) is 2.36. The van der Waals surface area contributed by atoms with Crippen LogP contribution in [0.3, 0.4) is 0 Å². The molecule has 24 heavy (non-hydrogen) atoms. The van der Waals surface area contributed by atoms with Crippen LogP contribution < -0.4 is 5.32 Å². The Morgan fingerprint density at radius 1 is 0.917 bits per heavy atom. The number of carbonyl (C=O) groups excluding carboxylic acids is 1. The maximum atomic E-state index is 12.1. The van der Waals surface area contributed by atoms with Crippen molar-refractivity contribution >= 4 is 57.3 Å². The van der Waals surface area contributed by atoms with Gasteiger partial charge < -0.3 is 5.32 Å². The summed E-state index contributed by atoms with van der Waals surface area (Å²) in [5.74, 6) is 1.07. The minimum absolute atomic E-state index is 0.0182. The van der Waals surface area contributed by atoms with Crippen LogP contribution in [0.25, 0.3) is 10.8 Å². The van der Waals surface area contributed by atoms with Crippen LogP contribution in [-0.4, -0.2) is 11.7 Å². The lowest BCUT2D eigenvalue weighted by Gasteiger charge is -2.07. The molecule has 0 spiro atoms. The molecule has 0 saturated heterocycles. The Hall–Kier alpha value is -1.68. The van der Waals surface area contributed by atoms with Gasteiger partial charge in [-0.1, -0.05) is 59.6 Å². The molecule has 3 rings (SSSR count). The van der Waals surface area contributed by atoms with Crippen LogP contribution in [-0.2, 0) is 10.5 Å². The molecule has 3 aromatic carbocycles. The molecule has 0 aromatic heterocycles. The van der Waals surface area contributed by atoms with Gasteiger partial charge in [-0.15, -0.1) is 11.8 Å². The summed E-state index contributed by atoms with van der Waals surface area (Å²) < 4.78 is 0. The second-order valence-electron chi connectivity index (χ2n) is 5.35. The largest absolute Gasteiger partial charge is 0.325 e. The van der Waals surface area contributed by atoms with Crippen LogP contribution in [0.15, 0.2) is 60.7 Å². The number of nitrogens with one attached hydrogen (secondary N) is 1. The van der Waals surface area contributed by atoms with Crippen molar-refractivity contribution in [1.29, 1.82) is 0 Å². The number of hydrogen-bond acceptors (Lipinski definition) is 2. The molecule has 0 aliphatic heterocycles. The minimum Gasteiger partial charge on any atom is -0.325 e. The zero-order chi connectivity index (χ0) is 16.9. The minimum atomic E-state index is -0.0182. The fraction of sp³-hybridized carbons (Fsp3) is 0.105. The molecule has 1 amide bonds. The van der Waals surface area contributed by atoms with Crippen molar-refractivity contribution < 1.29 is 4.79 Å². The first-order valence-corrected chi connectivity index (χ1v) is 9.33. The number of amides is 1. The molecule has 0 fully saturated rings. The summed E-state index contributed by atoms with van der Waals surface area (Å²) in [5, 5.41) is 6.28. The summed E-state index contributed by atoms with van der Waals surface area (Å²) in [5.41, 5.74) is 1.86. The van der Waals surface area contributed by atoms with E-state index in [9.17, 15) is 4.79 Å². The number of thioether (sulfide) groups is 1. The molecule has 0 saturated carbocycles. The van der Waals surface area contributed by atoms with Gasteiger partial charge in [0.15, 0.2) is 0 Å². The Kier molecular flexibility index (Phi) is 5.67. The van der Waals surface area contributed by atoms with Crippen molar-refractivity contribution in [1.82, 2.24) is 0 Å². The molecule has 0 unspecified atom stereocenters. The van der Waals surface area contributed by atoms with E-state index < -0.39 is 0 Å².